The minimum absolute atomic E-state index is 0.0316. The number of rotatable bonds is 7. The molecule has 146 valence electrons. The van der Waals surface area contributed by atoms with Gasteiger partial charge in [0.15, 0.2) is 0 Å². The average Bonchev–Trinajstić information content (AvgIpc) is 2.95. The van der Waals surface area contributed by atoms with Gasteiger partial charge < -0.3 is 19.3 Å². The van der Waals surface area contributed by atoms with Gasteiger partial charge in [0.2, 0.25) is 5.91 Å². The molecule has 2 aliphatic rings. The molecule has 2 rings (SSSR count). The molecule has 26 heavy (non-hydrogen) atoms. The van der Waals surface area contributed by atoms with Crippen molar-refractivity contribution in [3.63, 3.8) is 0 Å². The standard InChI is InChI=1S/C14H21N3O9/c1-2-24-14(19)9-3-5-15(6-4-9)13(18)10-7-11(25-16(20)21)12(8-10)26-17(22)23/h9-12H,2-8H2,1H3. The molecule has 0 spiro atoms. The molecule has 1 heterocycles. The highest BCUT2D eigenvalue weighted by Crippen LogP contribution is 2.33. The van der Waals surface area contributed by atoms with Crippen molar-refractivity contribution in [3.8, 4) is 0 Å². The minimum Gasteiger partial charge on any atom is -0.466 e. The van der Waals surface area contributed by atoms with Crippen molar-refractivity contribution in [2.45, 2.75) is 44.8 Å². The van der Waals surface area contributed by atoms with Crippen molar-refractivity contribution in [2.75, 3.05) is 19.7 Å². The van der Waals surface area contributed by atoms with E-state index in [0.717, 1.165) is 0 Å². The lowest BCUT2D eigenvalue weighted by Gasteiger charge is -2.32. The summed E-state index contributed by atoms with van der Waals surface area (Å²) in [5.74, 6) is -1.46. The van der Waals surface area contributed by atoms with Crippen LogP contribution in [0.5, 0.6) is 0 Å². The van der Waals surface area contributed by atoms with Gasteiger partial charge in [-0.05, 0) is 32.6 Å². The Morgan fingerprint density at radius 1 is 1.00 bits per heavy atom. The van der Waals surface area contributed by atoms with E-state index < -0.39 is 28.3 Å². The first-order valence-electron chi connectivity index (χ1n) is 8.39. The molecule has 1 aliphatic carbocycles. The highest BCUT2D eigenvalue weighted by Gasteiger charge is 2.44. The lowest BCUT2D eigenvalue weighted by atomic mass is 9.95. The molecule has 0 aromatic heterocycles. The number of nitrogens with zero attached hydrogens (tertiary/aromatic N) is 3. The summed E-state index contributed by atoms with van der Waals surface area (Å²) in [6, 6.07) is 0. The minimum atomic E-state index is -1.17. The van der Waals surface area contributed by atoms with Gasteiger partial charge in [0, 0.05) is 19.0 Å². The molecule has 1 amide bonds. The van der Waals surface area contributed by atoms with Crippen LogP contribution < -0.4 is 0 Å². The third kappa shape index (κ3) is 4.92. The highest BCUT2D eigenvalue weighted by molar-refractivity contribution is 5.80. The molecule has 0 aromatic carbocycles. The van der Waals surface area contributed by atoms with Crippen LogP contribution in [0.2, 0.25) is 0 Å². The van der Waals surface area contributed by atoms with Crippen LogP contribution in [0.3, 0.4) is 0 Å². The van der Waals surface area contributed by atoms with Crippen LogP contribution >= 0.6 is 0 Å². The van der Waals surface area contributed by atoms with E-state index in [2.05, 4.69) is 9.68 Å². The first kappa shape index (κ1) is 19.7. The number of likely N-dealkylation sites (tertiary alicyclic amines) is 1. The Balaban J connectivity index is 1.92. The highest BCUT2D eigenvalue weighted by atomic mass is 17.0. The largest absolute Gasteiger partial charge is 0.466 e. The van der Waals surface area contributed by atoms with Gasteiger partial charge in [-0.3, -0.25) is 9.59 Å². The summed E-state index contributed by atoms with van der Waals surface area (Å²) in [5.41, 5.74) is 0. The first-order chi connectivity index (χ1) is 12.3. The second-order valence-electron chi connectivity index (χ2n) is 6.25. The zero-order valence-corrected chi connectivity index (χ0v) is 14.3. The van der Waals surface area contributed by atoms with Gasteiger partial charge in [0.25, 0.3) is 10.2 Å². The van der Waals surface area contributed by atoms with Crippen LogP contribution in [0, 0.1) is 32.1 Å². The van der Waals surface area contributed by atoms with E-state index >= 15 is 0 Å². The number of hydrogen-bond acceptors (Lipinski definition) is 9. The summed E-state index contributed by atoms with van der Waals surface area (Å²) >= 11 is 0. The molecule has 0 N–H and O–H groups in total. The summed E-state index contributed by atoms with van der Waals surface area (Å²) in [6.45, 7) is 2.75. The number of amides is 1. The second-order valence-corrected chi connectivity index (χ2v) is 6.25. The van der Waals surface area contributed by atoms with Crippen LogP contribution in [0.15, 0.2) is 0 Å². The van der Waals surface area contributed by atoms with E-state index in [4.69, 9.17) is 4.74 Å². The Morgan fingerprint density at radius 3 is 1.92 bits per heavy atom. The smallest absolute Gasteiger partial charge is 0.309 e. The van der Waals surface area contributed by atoms with Crippen molar-refractivity contribution in [1.82, 2.24) is 4.90 Å². The molecule has 12 heteroatoms. The number of ether oxygens (including phenoxy) is 1. The fourth-order valence-corrected chi connectivity index (χ4v) is 3.46. The number of carbonyl (C=O) groups excluding carboxylic acids is 2. The quantitative estimate of drug-likeness (QED) is 0.348. The molecule has 2 atom stereocenters. The van der Waals surface area contributed by atoms with Crippen LogP contribution in [0.25, 0.3) is 0 Å². The predicted molar refractivity (Wildman–Crippen MR) is 82.4 cm³/mol. The van der Waals surface area contributed by atoms with Gasteiger partial charge in [-0.25, -0.2) is 0 Å². The number of piperidine rings is 1. The molecule has 0 aromatic rings. The van der Waals surface area contributed by atoms with E-state index in [-0.39, 0.29) is 30.6 Å². The van der Waals surface area contributed by atoms with Crippen LogP contribution in [-0.2, 0) is 24.0 Å². The fraction of sp³-hybridized carbons (Fsp3) is 0.857. The van der Waals surface area contributed by atoms with Gasteiger partial charge >= 0.3 is 5.97 Å². The molecule has 2 fully saturated rings. The molecule has 0 radical (unpaired) electrons. The molecule has 1 saturated heterocycles. The third-order valence-corrected chi connectivity index (χ3v) is 4.67. The molecule has 1 saturated carbocycles. The molecule has 2 unspecified atom stereocenters. The monoisotopic (exact) mass is 375 g/mol. The Hall–Kier alpha value is -2.66. The average molecular weight is 375 g/mol. The van der Waals surface area contributed by atoms with Crippen molar-refractivity contribution in [1.29, 1.82) is 0 Å². The number of hydrogen-bond donors (Lipinski definition) is 0. The van der Waals surface area contributed by atoms with Crippen molar-refractivity contribution in [3.05, 3.63) is 20.2 Å². The maximum atomic E-state index is 12.6. The molecular weight excluding hydrogens is 354 g/mol. The van der Waals surface area contributed by atoms with Gasteiger partial charge in [0.05, 0.1) is 12.5 Å². The van der Waals surface area contributed by atoms with Crippen LogP contribution in [-0.4, -0.2) is 58.9 Å². The van der Waals surface area contributed by atoms with Crippen molar-refractivity contribution >= 4 is 11.9 Å². The van der Waals surface area contributed by atoms with Gasteiger partial charge in [0.1, 0.15) is 12.2 Å². The van der Waals surface area contributed by atoms with E-state index in [1.165, 1.54) is 0 Å². The summed E-state index contributed by atoms with van der Waals surface area (Å²) in [7, 11) is 0. The van der Waals surface area contributed by atoms with Crippen molar-refractivity contribution < 1.29 is 34.2 Å². The Bertz CT molecular complexity index is 538. The number of esters is 1. The normalized spacial score (nSPS) is 26.2. The summed E-state index contributed by atoms with van der Waals surface area (Å²) < 4.78 is 4.98. The van der Waals surface area contributed by atoms with E-state index in [1.807, 2.05) is 0 Å². The zero-order valence-electron chi connectivity index (χ0n) is 14.3. The molecule has 12 nitrogen and oxygen atoms in total. The topological polar surface area (TPSA) is 151 Å². The predicted octanol–water partition coefficient (Wildman–Crippen LogP) is 0.352. The SMILES string of the molecule is CCOC(=O)C1CCN(C(=O)C2CC(O[N+](=O)[O-])C(O[N+](=O)[O-])C2)CC1. The van der Waals surface area contributed by atoms with E-state index in [9.17, 15) is 29.8 Å². The van der Waals surface area contributed by atoms with Crippen LogP contribution in [0.1, 0.15) is 32.6 Å². The maximum absolute atomic E-state index is 12.6. The Labute approximate surface area is 148 Å². The Kier molecular flexibility index (Phi) is 6.52. The third-order valence-electron chi connectivity index (χ3n) is 4.67. The molecule has 1 aliphatic heterocycles. The first-order valence-corrected chi connectivity index (χ1v) is 8.39. The van der Waals surface area contributed by atoms with E-state index in [1.54, 1.807) is 11.8 Å². The lowest BCUT2D eigenvalue weighted by Crippen LogP contribution is -2.43. The lowest BCUT2D eigenvalue weighted by molar-refractivity contribution is -0.797. The zero-order chi connectivity index (χ0) is 19.3. The summed E-state index contributed by atoms with van der Waals surface area (Å²) in [6.07, 6.45) is -1.45. The number of carbonyl (C=O) groups is 2. The maximum Gasteiger partial charge on any atom is 0.309 e. The summed E-state index contributed by atoms with van der Waals surface area (Å²) in [5, 5.41) is 19.0. The van der Waals surface area contributed by atoms with E-state index in [0.29, 0.717) is 32.5 Å². The molecular formula is C14H21N3O9. The van der Waals surface area contributed by atoms with Crippen molar-refractivity contribution in [2.24, 2.45) is 11.8 Å². The Morgan fingerprint density at radius 2 is 1.50 bits per heavy atom. The van der Waals surface area contributed by atoms with Gasteiger partial charge in [-0.2, -0.15) is 0 Å². The van der Waals surface area contributed by atoms with Crippen LogP contribution in [0.4, 0.5) is 0 Å². The second kappa shape index (κ2) is 8.63. The fourth-order valence-electron chi connectivity index (χ4n) is 3.46. The van der Waals surface area contributed by atoms with Gasteiger partial charge in [-0.15, -0.1) is 20.2 Å². The summed E-state index contributed by atoms with van der Waals surface area (Å²) in [4.78, 5) is 55.9. The van der Waals surface area contributed by atoms with Gasteiger partial charge in [-0.1, -0.05) is 0 Å². The molecule has 0 bridgehead atoms.